The van der Waals surface area contributed by atoms with Gasteiger partial charge in [0, 0.05) is 29.6 Å². The van der Waals surface area contributed by atoms with Crippen molar-refractivity contribution in [3.05, 3.63) is 77.7 Å². The second-order valence-corrected chi connectivity index (χ2v) is 7.55. The molecule has 0 N–H and O–H groups in total. The van der Waals surface area contributed by atoms with Gasteiger partial charge in [0.1, 0.15) is 5.69 Å². The minimum absolute atomic E-state index is 0.336. The number of aromatic nitrogens is 3. The highest BCUT2D eigenvalue weighted by molar-refractivity contribution is 6.07. The van der Waals surface area contributed by atoms with Crippen molar-refractivity contribution in [1.29, 1.82) is 0 Å². The first-order valence-electron chi connectivity index (χ1n) is 10.2. The van der Waals surface area contributed by atoms with Gasteiger partial charge in [-0.15, -0.1) is 0 Å². The van der Waals surface area contributed by atoms with E-state index in [2.05, 4.69) is 15.1 Å². The van der Waals surface area contributed by atoms with Crippen LogP contribution >= 0.6 is 0 Å². The third-order valence-electron chi connectivity index (χ3n) is 5.29. The fourth-order valence-electron chi connectivity index (χ4n) is 3.58. The third kappa shape index (κ3) is 3.81. The van der Waals surface area contributed by atoms with Crippen LogP contribution in [0.2, 0.25) is 0 Å². The van der Waals surface area contributed by atoms with Crippen LogP contribution < -0.4 is 0 Å². The average Bonchev–Trinajstić information content (AvgIpc) is 3.56. The van der Waals surface area contributed by atoms with Gasteiger partial charge in [-0.05, 0) is 43.4 Å². The van der Waals surface area contributed by atoms with Crippen LogP contribution in [-0.2, 0) is 11.2 Å². The number of hydrogen-bond acceptors (Lipinski definition) is 6. The number of ether oxygens (including phenoxy) is 1. The SMILES string of the molecule is O=C(OCCCc1cccnc1)c1cc(C2CC2)nc2onc(-c3ccccc3)c12. The number of aryl methyl sites for hydroxylation is 1. The summed E-state index contributed by atoms with van der Waals surface area (Å²) < 4.78 is 11.1. The van der Waals surface area contributed by atoms with Crippen molar-refractivity contribution in [3.8, 4) is 11.3 Å². The number of nitrogens with zero attached hydrogens (tertiary/aromatic N) is 3. The molecule has 0 atom stereocenters. The fraction of sp³-hybridized carbons (Fsp3) is 0.250. The van der Waals surface area contributed by atoms with Crippen molar-refractivity contribution in [1.82, 2.24) is 15.1 Å². The van der Waals surface area contributed by atoms with E-state index in [1.807, 2.05) is 54.7 Å². The van der Waals surface area contributed by atoms with Gasteiger partial charge < -0.3 is 9.26 Å². The van der Waals surface area contributed by atoms with E-state index >= 15 is 0 Å². The van der Waals surface area contributed by atoms with Crippen LogP contribution in [0.4, 0.5) is 0 Å². The van der Waals surface area contributed by atoms with Gasteiger partial charge in [0.25, 0.3) is 5.71 Å². The second kappa shape index (κ2) is 8.06. The lowest BCUT2D eigenvalue weighted by molar-refractivity contribution is 0.0502. The number of carbonyl (C=O) groups excluding carboxylic acids is 1. The van der Waals surface area contributed by atoms with Gasteiger partial charge in [0.2, 0.25) is 0 Å². The summed E-state index contributed by atoms with van der Waals surface area (Å²) in [5.74, 6) is 0.0210. The molecular weight excluding hydrogens is 378 g/mol. The Kier molecular flexibility index (Phi) is 4.97. The zero-order chi connectivity index (χ0) is 20.3. The molecule has 3 heterocycles. The number of benzene rings is 1. The molecule has 1 aromatic carbocycles. The molecule has 30 heavy (non-hydrogen) atoms. The maximum absolute atomic E-state index is 13.0. The Morgan fingerprint density at radius 1 is 1.13 bits per heavy atom. The van der Waals surface area contributed by atoms with E-state index < -0.39 is 0 Å². The van der Waals surface area contributed by atoms with Gasteiger partial charge in [-0.3, -0.25) is 4.98 Å². The molecule has 0 unspecified atom stereocenters. The highest BCUT2D eigenvalue weighted by atomic mass is 16.5. The molecule has 6 nitrogen and oxygen atoms in total. The maximum Gasteiger partial charge on any atom is 0.339 e. The molecule has 0 bridgehead atoms. The summed E-state index contributed by atoms with van der Waals surface area (Å²) in [6.45, 7) is 0.336. The summed E-state index contributed by atoms with van der Waals surface area (Å²) in [7, 11) is 0. The van der Waals surface area contributed by atoms with Crippen molar-refractivity contribution in [2.24, 2.45) is 0 Å². The fourth-order valence-corrected chi connectivity index (χ4v) is 3.58. The Hall–Kier alpha value is -3.54. The monoisotopic (exact) mass is 399 g/mol. The van der Waals surface area contributed by atoms with Crippen molar-refractivity contribution >= 4 is 17.1 Å². The third-order valence-corrected chi connectivity index (χ3v) is 5.29. The summed E-state index contributed by atoms with van der Waals surface area (Å²) in [6.07, 6.45) is 7.28. The lowest BCUT2D eigenvalue weighted by Gasteiger charge is -2.08. The molecule has 0 spiro atoms. The predicted octanol–water partition coefficient (Wildman–Crippen LogP) is 4.95. The van der Waals surface area contributed by atoms with Crippen molar-refractivity contribution < 1.29 is 14.1 Å². The van der Waals surface area contributed by atoms with Crippen molar-refractivity contribution in [3.63, 3.8) is 0 Å². The van der Waals surface area contributed by atoms with Crippen LogP contribution in [0.15, 0.2) is 65.4 Å². The van der Waals surface area contributed by atoms with E-state index in [9.17, 15) is 4.79 Å². The van der Waals surface area contributed by atoms with E-state index in [0.717, 1.165) is 42.5 Å². The summed E-state index contributed by atoms with van der Waals surface area (Å²) >= 11 is 0. The van der Waals surface area contributed by atoms with Crippen LogP contribution in [0.3, 0.4) is 0 Å². The van der Waals surface area contributed by atoms with Crippen LogP contribution in [0.1, 0.15) is 46.8 Å². The Balaban J connectivity index is 1.41. The summed E-state index contributed by atoms with van der Waals surface area (Å²) in [5.41, 5.74) is 4.36. The van der Waals surface area contributed by atoms with E-state index in [-0.39, 0.29) is 5.97 Å². The molecule has 0 saturated heterocycles. The molecule has 4 aromatic rings. The Morgan fingerprint density at radius 3 is 2.77 bits per heavy atom. The average molecular weight is 399 g/mol. The Bertz CT molecular complexity index is 1170. The number of fused-ring (bicyclic) bond motifs is 1. The van der Waals surface area contributed by atoms with Gasteiger partial charge in [-0.1, -0.05) is 41.6 Å². The molecule has 1 fully saturated rings. The number of esters is 1. The maximum atomic E-state index is 13.0. The number of pyridine rings is 2. The van der Waals surface area contributed by atoms with Crippen LogP contribution in [0.25, 0.3) is 22.4 Å². The van der Waals surface area contributed by atoms with Crippen LogP contribution in [0.5, 0.6) is 0 Å². The Morgan fingerprint density at radius 2 is 2.00 bits per heavy atom. The van der Waals surface area contributed by atoms with E-state index in [0.29, 0.717) is 34.9 Å². The smallest absolute Gasteiger partial charge is 0.339 e. The molecule has 5 rings (SSSR count). The standard InChI is InChI=1S/C24H21N3O3/c28-24(29-13-5-7-16-6-4-12-25-15-16)19-14-20(17-10-11-17)26-23-21(19)22(27-30-23)18-8-2-1-3-9-18/h1-4,6,8-9,12,14-15,17H,5,7,10-11,13H2. The molecule has 6 heteroatoms. The molecule has 1 saturated carbocycles. The van der Waals surface area contributed by atoms with E-state index in [1.54, 1.807) is 6.20 Å². The van der Waals surface area contributed by atoms with Crippen LogP contribution in [0, 0.1) is 0 Å². The lowest BCUT2D eigenvalue weighted by Crippen LogP contribution is -2.09. The van der Waals surface area contributed by atoms with Gasteiger partial charge in [-0.25, -0.2) is 9.78 Å². The minimum atomic E-state index is -0.365. The first-order chi connectivity index (χ1) is 14.8. The molecule has 150 valence electrons. The predicted molar refractivity (Wildman–Crippen MR) is 112 cm³/mol. The van der Waals surface area contributed by atoms with Gasteiger partial charge >= 0.3 is 5.97 Å². The molecule has 1 aliphatic rings. The van der Waals surface area contributed by atoms with Crippen molar-refractivity contribution in [2.45, 2.75) is 31.6 Å². The minimum Gasteiger partial charge on any atom is -0.462 e. The zero-order valence-electron chi connectivity index (χ0n) is 16.5. The topological polar surface area (TPSA) is 78.1 Å². The normalized spacial score (nSPS) is 13.5. The molecule has 0 amide bonds. The molecule has 3 aromatic heterocycles. The molecule has 0 aliphatic heterocycles. The zero-order valence-corrected chi connectivity index (χ0v) is 16.5. The number of carbonyl (C=O) groups is 1. The largest absolute Gasteiger partial charge is 0.462 e. The first-order valence-corrected chi connectivity index (χ1v) is 10.2. The molecule has 1 aliphatic carbocycles. The second-order valence-electron chi connectivity index (χ2n) is 7.55. The molecular formula is C24H21N3O3. The summed E-state index contributed by atoms with van der Waals surface area (Å²) in [5, 5.41) is 4.83. The quantitative estimate of drug-likeness (QED) is 0.323. The van der Waals surface area contributed by atoms with Gasteiger partial charge in [-0.2, -0.15) is 0 Å². The number of hydrogen-bond donors (Lipinski definition) is 0. The van der Waals surface area contributed by atoms with E-state index in [1.165, 1.54) is 0 Å². The van der Waals surface area contributed by atoms with Crippen molar-refractivity contribution in [2.75, 3.05) is 6.61 Å². The summed E-state index contributed by atoms with van der Waals surface area (Å²) in [6, 6.07) is 15.5. The molecule has 0 radical (unpaired) electrons. The Labute approximate surface area is 173 Å². The number of rotatable bonds is 7. The lowest BCUT2D eigenvalue weighted by atomic mass is 10.0. The van der Waals surface area contributed by atoms with Crippen LogP contribution in [-0.4, -0.2) is 27.7 Å². The van der Waals surface area contributed by atoms with Gasteiger partial charge in [0.05, 0.1) is 17.6 Å². The summed E-state index contributed by atoms with van der Waals surface area (Å²) in [4.78, 5) is 21.7. The van der Waals surface area contributed by atoms with Gasteiger partial charge in [0.15, 0.2) is 0 Å². The van der Waals surface area contributed by atoms with E-state index in [4.69, 9.17) is 9.26 Å². The highest BCUT2D eigenvalue weighted by Gasteiger charge is 2.29. The highest BCUT2D eigenvalue weighted by Crippen LogP contribution is 2.41. The first kappa shape index (κ1) is 18.5.